The quantitative estimate of drug-likeness (QED) is 0.368. The van der Waals surface area contributed by atoms with E-state index in [1.165, 1.54) is 48.0 Å². The summed E-state index contributed by atoms with van der Waals surface area (Å²) in [5.74, 6) is -0.346. The van der Waals surface area contributed by atoms with Crippen molar-refractivity contribution in [2.45, 2.75) is 31.7 Å². The van der Waals surface area contributed by atoms with Crippen LogP contribution in [0, 0.1) is 24.0 Å². The molecule has 2 heterocycles. The van der Waals surface area contributed by atoms with E-state index < -0.39 is 14.9 Å². The van der Waals surface area contributed by atoms with Gasteiger partial charge in [0.1, 0.15) is 11.4 Å². The fraction of sp³-hybridized carbons (Fsp3) is 0.222. The third-order valence-electron chi connectivity index (χ3n) is 4.40. The molecule has 3 rings (SSSR count). The van der Waals surface area contributed by atoms with Crippen molar-refractivity contribution in [1.29, 1.82) is 0 Å². The molecule has 0 aliphatic carbocycles. The Bertz CT molecular complexity index is 1260. The summed E-state index contributed by atoms with van der Waals surface area (Å²) in [6.45, 7) is 3.26. The SMILES string of the molecule is Cc1nn(CCC(=O)Nc2ccc(S(=O)(=O)Nc3ccc(Cl)nn3)cc2)c(C)c1[N+](=O)[O-]. The maximum atomic E-state index is 12.4. The molecule has 0 bridgehead atoms. The minimum Gasteiger partial charge on any atom is -0.326 e. The van der Waals surface area contributed by atoms with Crippen LogP contribution in [0.5, 0.6) is 0 Å². The number of halogens is 1. The van der Waals surface area contributed by atoms with Crippen LogP contribution in [0.4, 0.5) is 17.2 Å². The molecule has 0 aliphatic heterocycles. The average Bonchev–Trinajstić information content (AvgIpc) is 3.01. The Hall–Kier alpha value is -3.58. The van der Waals surface area contributed by atoms with E-state index in [-0.39, 0.29) is 46.1 Å². The molecule has 1 aromatic carbocycles. The van der Waals surface area contributed by atoms with Gasteiger partial charge in [0.2, 0.25) is 5.91 Å². The molecule has 2 N–H and O–H groups in total. The number of aryl methyl sites for hydroxylation is 2. The van der Waals surface area contributed by atoms with E-state index in [1.54, 1.807) is 6.92 Å². The van der Waals surface area contributed by atoms with Crippen LogP contribution in [0.3, 0.4) is 0 Å². The van der Waals surface area contributed by atoms with Crippen LogP contribution < -0.4 is 10.0 Å². The fourth-order valence-corrected chi connectivity index (χ4v) is 3.98. The van der Waals surface area contributed by atoms with E-state index in [0.29, 0.717) is 11.4 Å². The van der Waals surface area contributed by atoms with Crippen molar-refractivity contribution in [3.63, 3.8) is 0 Å². The van der Waals surface area contributed by atoms with Crippen LogP contribution in [0.2, 0.25) is 5.15 Å². The molecule has 2 aromatic heterocycles. The summed E-state index contributed by atoms with van der Waals surface area (Å²) < 4.78 is 28.5. The Labute approximate surface area is 187 Å². The Balaban J connectivity index is 1.60. The molecule has 0 fully saturated rings. The lowest BCUT2D eigenvalue weighted by Crippen LogP contribution is -2.16. The van der Waals surface area contributed by atoms with Gasteiger partial charge in [-0.2, -0.15) is 5.10 Å². The zero-order chi connectivity index (χ0) is 23.5. The zero-order valence-corrected chi connectivity index (χ0v) is 18.5. The Kier molecular flexibility index (Phi) is 6.69. The highest BCUT2D eigenvalue weighted by Crippen LogP contribution is 2.22. The van der Waals surface area contributed by atoms with Gasteiger partial charge in [-0.3, -0.25) is 24.3 Å². The van der Waals surface area contributed by atoms with Crippen molar-refractivity contribution in [3.8, 4) is 0 Å². The van der Waals surface area contributed by atoms with E-state index in [2.05, 4.69) is 25.3 Å². The van der Waals surface area contributed by atoms with E-state index in [9.17, 15) is 23.3 Å². The largest absolute Gasteiger partial charge is 0.326 e. The molecule has 0 saturated heterocycles. The van der Waals surface area contributed by atoms with Crippen LogP contribution in [-0.4, -0.2) is 39.2 Å². The number of carbonyl (C=O) groups is 1. The number of benzene rings is 1. The van der Waals surface area contributed by atoms with Gasteiger partial charge in [0.15, 0.2) is 11.0 Å². The van der Waals surface area contributed by atoms with Crippen molar-refractivity contribution < 1.29 is 18.1 Å². The molecule has 1 amide bonds. The van der Waals surface area contributed by atoms with Crippen molar-refractivity contribution in [2.24, 2.45) is 0 Å². The third kappa shape index (κ3) is 5.36. The second-order valence-electron chi connectivity index (χ2n) is 6.67. The maximum absolute atomic E-state index is 12.4. The van der Waals surface area contributed by atoms with E-state index in [4.69, 9.17) is 11.6 Å². The monoisotopic (exact) mass is 479 g/mol. The zero-order valence-electron chi connectivity index (χ0n) is 16.9. The summed E-state index contributed by atoms with van der Waals surface area (Å²) in [7, 11) is -3.91. The highest BCUT2D eigenvalue weighted by Gasteiger charge is 2.22. The number of aromatic nitrogens is 4. The number of rotatable bonds is 8. The van der Waals surface area contributed by atoms with Crippen molar-refractivity contribution in [1.82, 2.24) is 20.0 Å². The smallest absolute Gasteiger partial charge is 0.312 e. The molecule has 168 valence electrons. The summed E-state index contributed by atoms with van der Waals surface area (Å²) >= 11 is 5.63. The van der Waals surface area contributed by atoms with Gasteiger partial charge >= 0.3 is 5.69 Å². The van der Waals surface area contributed by atoms with Crippen LogP contribution in [0.25, 0.3) is 0 Å². The highest BCUT2D eigenvalue weighted by molar-refractivity contribution is 7.92. The fourth-order valence-electron chi connectivity index (χ4n) is 2.88. The molecule has 0 atom stereocenters. The Morgan fingerprint density at radius 3 is 2.41 bits per heavy atom. The molecular formula is C18H18ClN7O5S. The maximum Gasteiger partial charge on any atom is 0.312 e. The molecule has 0 spiro atoms. The average molecular weight is 480 g/mol. The first-order chi connectivity index (χ1) is 15.1. The van der Waals surface area contributed by atoms with E-state index >= 15 is 0 Å². The first kappa shape index (κ1) is 23.1. The second-order valence-corrected chi connectivity index (χ2v) is 8.74. The van der Waals surface area contributed by atoms with Gasteiger partial charge in [0.25, 0.3) is 10.0 Å². The molecule has 12 nitrogen and oxygen atoms in total. The lowest BCUT2D eigenvalue weighted by atomic mass is 10.3. The van der Waals surface area contributed by atoms with E-state index in [0.717, 1.165) is 0 Å². The van der Waals surface area contributed by atoms with Crippen molar-refractivity contribution in [2.75, 3.05) is 10.0 Å². The van der Waals surface area contributed by atoms with Gasteiger partial charge in [-0.15, -0.1) is 10.2 Å². The summed E-state index contributed by atoms with van der Waals surface area (Å²) in [5.41, 5.74) is 0.968. The molecule has 0 saturated carbocycles. The Morgan fingerprint density at radius 2 is 1.84 bits per heavy atom. The topological polar surface area (TPSA) is 162 Å². The molecule has 0 unspecified atom stereocenters. The van der Waals surface area contributed by atoms with Gasteiger partial charge in [0, 0.05) is 12.1 Å². The minimum atomic E-state index is -3.91. The van der Waals surface area contributed by atoms with Crippen molar-refractivity contribution in [3.05, 3.63) is 63.1 Å². The van der Waals surface area contributed by atoms with Crippen molar-refractivity contribution >= 4 is 44.7 Å². The lowest BCUT2D eigenvalue weighted by molar-refractivity contribution is -0.386. The number of amides is 1. The number of nitro groups is 1. The number of sulfonamides is 1. The minimum absolute atomic E-state index is 0.0103. The van der Waals surface area contributed by atoms with Gasteiger partial charge in [-0.05, 0) is 50.2 Å². The summed E-state index contributed by atoms with van der Waals surface area (Å²) in [6, 6.07) is 8.30. The Morgan fingerprint density at radius 1 is 1.16 bits per heavy atom. The number of hydrogen-bond donors (Lipinski definition) is 2. The lowest BCUT2D eigenvalue weighted by Gasteiger charge is -2.09. The second kappa shape index (κ2) is 9.28. The standard InChI is InChI=1S/C18H18ClN7O5S/c1-11-18(26(28)29)12(2)25(23-11)10-9-17(27)20-13-3-5-14(6-4-13)32(30,31)24-16-8-7-15(19)21-22-16/h3-8H,9-10H2,1-2H3,(H,20,27)(H,22,24). The van der Waals surface area contributed by atoms with Gasteiger partial charge < -0.3 is 5.32 Å². The summed E-state index contributed by atoms with van der Waals surface area (Å²) in [5, 5.41) is 25.1. The predicted molar refractivity (Wildman–Crippen MR) is 116 cm³/mol. The van der Waals surface area contributed by atoms with Gasteiger partial charge in [0.05, 0.1) is 16.4 Å². The summed E-state index contributed by atoms with van der Waals surface area (Å²) in [6.07, 6.45) is 0.0238. The molecule has 3 aromatic rings. The van der Waals surface area contributed by atoms with E-state index in [1.807, 2.05) is 0 Å². The van der Waals surface area contributed by atoms with Gasteiger partial charge in [-0.25, -0.2) is 8.42 Å². The third-order valence-corrected chi connectivity index (χ3v) is 5.97. The number of nitrogens with one attached hydrogen (secondary N) is 2. The van der Waals surface area contributed by atoms with Crippen LogP contribution in [0.1, 0.15) is 17.8 Å². The van der Waals surface area contributed by atoms with Crippen LogP contribution in [-0.2, 0) is 21.4 Å². The van der Waals surface area contributed by atoms with Gasteiger partial charge in [-0.1, -0.05) is 11.6 Å². The molecule has 14 heteroatoms. The summed E-state index contributed by atoms with van der Waals surface area (Å²) in [4.78, 5) is 22.8. The number of hydrogen-bond acceptors (Lipinski definition) is 8. The predicted octanol–water partition coefficient (Wildman–Crippen LogP) is 2.68. The highest BCUT2D eigenvalue weighted by atomic mass is 35.5. The first-order valence-corrected chi connectivity index (χ1v) is 11.0. The van der Waals surface area contributed by atoms with Crippen LogP contribution in [0.15, 0.2) is 41.3 Å². The number of carbonyl (C=O) groups excluding carboxylic acids is 1. The molecule has 0 radical (unpaired) electrons. The molecule has 0 aliphatic rings. The number of nitrogens with zero attached hydrogens (tertiary/aromatic N) is 5. The molecular weight excluding hydrogens is 462 g/mol. The first-order valence-electron chi connectivity index (χ1n) is 9.17. The normalized spacial score (nSPS) is 11.2. The number of anilines is 2. The van der Waals surface area contributed by atoms with Crippen LogP contribution >= 0.6 is 11.6 Å². The molecule has 32 heavy (non-hydrogen) atoms.